The van der Waals surface area contributed by atoms with Crippen molar-refractivity contribution in [3.63, 3.8) is 0 Å². The minimum Gasteiger partial charge on any atom is -0.497 e. The average molecular weight is 327 g/mol. The van der Waals surface area contributed by atoms with Crippen molar-refractivity contribution < 1.29 is 14.3 Å². The Bertz CT molecular complexity index is 543. The largest absolute Gasteiger partial charge is 0.497 e. The van der Waals surface area contributed by atoms with Gasteiger partial charge in [0, 0.05) is 11.0 Å². The van der Waals surface area contributed by atoms with Gasteiger partial charge in [0.2, 0.25) is 0 Å². The van der Waals surface area contributed by atoms with Gasteiger partial charge in [0.05, 0.1) is 7.11 Å². The zero-order valence-corrected chi connectivity index (χ0v) is 12.6. The Morgan fingerprint density at radius 2 is 2.05 bits per heavy atom. The molecule has 0 saturated carbocycles. The summed E-state index contributed by atoms with van der Waals surface area (Å²) >= 11 is 3.44. The molecule has 1 aromatic carbocycles. The van der Waals surface area contributed by atoms with E-state index < -0.39 is 5.54 Å². The molecule has 2 rings (SSSR count). The monoisotopic (exact) mass is 326 g/mol. The molecule has 1 aliphatic heterocycles. The summed E-state index contributed by atoms with van der Waals surface area (Å²) in [5.41, 5.74) is 0.0387. The van der Waals surface area contributed by atoms with Gasteiger partial charge in [-0.3, -0.25) is 10.1 Å². The summed E-state index contributed by atoms with van der Waals surface area (Å²) in [6.07, 6.45) is 0. The number of hydrogen-bond acceptors (Lipinski definition) is 3. The Kier molecular flexibility index (Phi) is 3.54. The van der Waals surface area contributed by atoms with Crippen molar-refractivity contribution in [2.24, 2.45) is 0 Å². The van der Waals surface area contributed by atoms with E-state index in [0.29, 0.717) is 12.3 Å². The predicted octanol–water partition coefficient (Wildman–Crippen LogP) is 2.29. The van der Waals surface area contributed by atoms with Gasteiger partial charge in [-0.05, 0) is 37.6 Å². The fourth-order valence-electron chi connectivity index (χ4n) is 1.93. The highest BCUT2D eigenvalue weighted by molar-refractivity contribution is 9.10. The number of rotatable bonds is 3. The predicted molar refractivity (Wildman–Crippen MR) is 73.9 cm³/mol. The lowest BCUT2D eigenvalue weighted by molar-refractivity contribution is -0.125. The van der Waals surface area contributed by atoms with Crippen LogP contribution in [-0.4, -0.2) is 29.5 Å². The quantitative estimate of drug-likeness (QED) is 0.867. The SMILES string of the molecule is COc1ccc(Br)c(CN2C(=O)NC(=O)C2(C)C)c1. The van der Waals surface area contributed by atoms with E-state index in [4.69, 9.17) is 4.74 Å². The van der Waals surface area contributed by atoms with Crippen LogP contribution in [0, 0.1) is 0 Å². The molecule has 0 aliphatic carbocycles. The van der Waals surface area contributed by atoms with Crippen molar-refractivity contribution in [3.8, 4) is 5.75 Å². The zero-order valence-electron chi connectivity index (χ0n) is 11.0. The van der Waals surface area contributed by atoms with Crippen LogP contribution in [0.1, 0.15) is 19.4 Å². The Morgan fingerprint density at radius 3 is 2.58 bits per heavy atom. The number of halogens is 1. The number of methoxy groups -OCH3 is 1. The number of nitrogens with one attached hydrogen (secondary N) is 1. The number of carbonyl (C=O) groups is 2. The van der Waals surface area contributed by atoms with Crippen LogP contribution in [0.2, 0.25) is 0 Å². The molecule has 1 fully saturated rings. The Labute approximate surface area is 120 Å². The first-order valence-electron chi connectivity index (χ1n) is 5.81. The number of nitrogens with zero attached hydrogens (tertiary/aromatic N) is 1. The lowest BCUT2D eigenvalue weighted by Crippen LogP contribution is -2.43. The highest BCUT2D eigenvalue weighted by atomic mass is 79.9. The standard InChI is InChI=1S/C13H15BrN2O3/c1-13(2)11(17)15-12(18)16(13)7-8-6-9(19-3)4-5-10(8)14/h4-6H,7H2,1-3H3,(H,15,17,18). The molecule has 0 spiro atoms. The summed E-state index contributed by atoms with van der Waals surface area (Å²) in [7, 11) is 1.59. The third-order valence-electron chi connectivity index (χ3n) is 3.28. The molecular weight excluding hydrogens is 312 g/mol. The number of hydrogen-bond donors (Lipinski definition) is 1. The van der Waals surface area contributed by atoms with Gasteiger partial charge in [-0.2, -0.15) is 0 Å². The van der Waals surface area contributed by atoms with Gasteiger partial charge < -0.3 is 9.64 Å². The molecule has 0 atom stereocenters. The van der Waals surface area contributed by atoms with Crippen molar-refractivity contribution in [3.05, 3.63) is 28.2 Å². The summed E-state index contributed by atoms with van der Waals surface area (Å²) in [6.45, 7) is 3.78. The van der Waals surface area contributed by atoms with E-state index in [0.717, 1.165) is 10.0 Å². The molecule has 1 N–H and O–H groups in total. The van der Waals surface area contributed by atoms with Crippen molar-refractivity contribution in [1.82, 2.24) is 10.2 Å². The Balaban J connectivity index is 2.31. The fourth-order valence-corrected chi connectivity index (χ4v) is 2.31. The second-order valence-electron chi connectivity index (χ2n) is 4.86. The van der Waals surface area contributed by atoms with Crippen molar-refractivity contribution in [2.45, 2.75) is 25.9 Å². The van der Waals surface area contributed by atoms with Gasteiger partial charge >= 0.3 is 6.03 Å². The van der Waals surface area contributed by atoms with E-state index in [2.05, 4.69) is 21.2 Å². The molecule has 102 valence electrons. The maximum Gasteiger partial charge on any atom is 0.325 e. The number of benzene rings is 1. The molecule has 0 unspecified atom stereocenters. The van der Waals surface area contributed by atoms with E-state index in [1.54, 1.807) is 21.0 Å². The molecule has 1 aliphatic rings. The molecule has 3 amide bonds. The van der Waals surface area contributed by atoms with Crippen LogP contribution in [0.25, 0.3) is 0 Å². The van der Waals surface area contributed by atoms with Crippen LogP contribution in [0.15, 0.2) is 22.7 Å². The number of ether oxygens (including phenoxy) is 1. The highest BCUT2D eigenvalue weighted by Gasteiger charge is 2.45. The summed E-state index contributed by atoms with van der Waals surface area (Å²) in [5, 5.41) is 2.33. The Morgan fingerprint density at radius 1 is 1.37 bits per heavy atom. The molecule has 6 heteroatoms. The first kappa shape index (κ1) is 13.9. The highest BCUT2D eigenvalue weighted by Crippen LogP contribution is 2.28. The minimum absolute atomic E-state index is 0.281. The first-order valence-corrected chi connectivity index (χ1v) is 6.61. The molecule has 0 aromatic heterocycles. The smallest absolute Gasteiger partial charge is 0.325 e. The normalized spacial score (nSPS) is 17.6. The molecular formula is C13H15BrN2O3. The molecule has 1 heterocycles. The summed E-state index contributed by atoms with van der Waals surface area (Å²) in [4.78, 5) is 25.0. The molecule has 0 radical (unpaired) electrons. The summed E-state index contributed by atoms with van der Waals surface area (Å²) < 4.78 is 6.04. The van der Waals surface area contributed by atoms with Crippen LogP contribution in [0.3, 0.4) is 0 Å². The van der Waals surface area contributed by atoms with Crippen molar-refractivity contribution in [1.29, 1.82) is 0 Å². The van der Waals surface area contributed by atoms with Crippen LogP contribution >= 0.6 is 15.9 Å². The van der Waals surface area contributed by atoms with Crippen molar-refractivity contribution >= 4 is 27.9 Å². The second-order valence-corrected chi connectivity index (χ2v) is 5.72. The fraction of sp³-hybridized carbons (Fsp3) is 0.385. The summed E-state index contributed by atoms with van der Waals surface area (Å²) in [6, 6.07) is 5.16. The third-order valence-corrected chi connectivity index (χ3v) is 4.05. The van der Waals surface area contributed by atoms with Gasteiger partial charge in [0.15, 0.2) is 0 Å². The molecule has 5 nitrogen and oxygen atoms in total. The van der Waals surface area contributed by atoms with Crippen molar-refractivity contribution in [2.75, 3.05) is 7.11 Å². The van der Waals surface area contributed by atoms with Crippen LogP contribution < -0.4 is 10.1 Å². The van der Waals surface area contributed by atoms with E-state index >= 15 is 0 Å². The van der Waals surface area contributed by atoms with E-state index in [9.17, 15) is 9.59 Å². The van der Waals surface area contributed by atoms with Gasteiger partial charge in [-0.15, -0.1) is 0 Å². The lowest BCUT2D eigenvalue weighted by Gasteiger charge is -2.28. The molecule has 19 heavy (non-hydrogen) atoms. The maximum absolute atomic E-state index is 11.8. The minimum atomic E-state index is -0.848. The Hall–Kier alpha value is -1.56. The number of urea groups is 1. The number of imide groups is 1. The van der Waals surface area contributed by atoms with Gasteiger partial charge in [0.1, 0.15) is 11.3 Å². The second kappa shape index (κ2) is 4.85. The van der Waals surface area contributed by atoms with Crippen LogP contribution in [-0.2, 0) is 11.3 Å². The van der Waals surface area contributed by atoms with E-state index in [-0.39, 0.29) is 11.9 Å². The number of carbonyl (C=O) groups excluding carboxylic acids is 2. The zero-order chi connectivity index (χ0) is 14.2. The van der Waals surface area contributed by atoms with E-state index in [1.165, 1.54) is 4.90 Å². The van der Waals surface area contributed by atoms with Gasteiger partial charge in [-0.25, -0.2) is 4.79 Å². The average Bonchev–Trinajstić information content (AvgIpc) is 2.54. The lowest BCUT2D eigenvalue weighted by atomic mass is 10.0. The number of amides is 3. The van der Waals surface area contributed by atoms with E-state index in [1.807, 2.05) is 18.2 Å². The molecule has 1 aromatic rings. The summed E-state index contributed by atoms with van der Waals surface area (Å²) in [5.74, 6) is 0.429. The van der Waals surface area contributed by atoms with Crippen LogP contribution in [0.4, 0.5) is 4.79 Å². The molecule has 0 bridgehead atoms. The topological polar surface area (TPSA) is 58.6 Å². The molecule has 1 saturated heterocycles. The van der Waals surface area contributed by atoms with Gasteiger partial charge in [0.25, 0.3) is 5.91 Å². The van der Waals surface area contributed by atoms with Crippen LogP contribution in [0.5, 0.6) is 5.75 Å². The first-order chi connectivity index (χ1) is 8.86. The van der Waals surface area contributed by atoms with Gasteiger partial charge in [-0.1, -0.05) is 15.9 Å². The maximum atomic E-state index is 11.8. The third kappa shape index (κ3) is 2.45.